The monoisotopic (exact) mass is 257 g/mol. The van der Waals surface area contributed by atoms with Crippen LogP contribution in [0.3, 0.4) is 0 Å². The normalized spacial score (nSPS) is 29.9. The van der Waals surface area contributed by atoms with E-state index in [1.807, 2.05) is 19.1 Å². The maximum atomic E-state index is 12.1. The molecule has 19 heavy (non-hydrogen) atoms. The SMILES string of the molecule is CC(Nc1ccccc1O)=C1C(=O)CC2C1C2(C)C. The minimum atomic E-state index is 0.208. The number of hydrogen-bond donors (Lipinski definition) is 2. The second-order valence-corrected chi connectivity index (χ2v) is 6.21. The van der Waals surface area contributed by atoms with Crippen LogP contribution in [0.2, 0.25) is 0 Å². The first-order valence-electron chi connectivity index (χ1n) is 6.72. The maximum absolute atomic E-state index is 12.1. The summed E-state index contributed by atoms with van der Waals surface area (Å²) in [6.45, 7) is 6.38. The quantitative estimate of drug-likeness (QED) is 0.631. The van der Waals surface area contributed by atoms with Gasteiger partial charge in [-0.3, -0.25) is 4.79 Å². The third-order valence-electron chi connectivity index (χ3n) is 4.70. The molecule has 0 radical (unpaired) electrons. The van der Waals surface area contributed by atoms with Gasteiger partial charge in [0, 0.05) is 17.7 Å². The van der Waals surface area contributed by atoms with Crippen molar-refractivity contribution in [3.8, 4) is 5.75 Å². The fourth-order valence-corrected chi connectivity index (χ4v) is 3.47. The Kier molecular flexibility index (Phi) is 2.49. The highest BCUT2D eigenvalue weighted by Crippen LogP contribution is 2.68. The number of benzene rings is 1. The number of anilines is 1. The Morgan fingerprint density at radius 1 is 1.37 bits per heavy atom. The molecular weight excluding hydrogens is 238 g/mol. The number of allylic oxidation sites excluding steroid dienone is 2. The van der Waals surface area contributed by atoms with Gasteiger partial charge in [-0.2, -0.15) is 0 Å². The summed E-state index contributed by atoms with van der Waals surface area (Å²) >= 11 is 0. The number of Topliss-reactive ketones (excluding diaryl/α,β-unsaturated/α-hetero) is 1. The van der Waals surface area contributed by atoms with Crippen molar-refractivity contribution in [2.45, 2.75) is 27.2 Å². The lowest BCUT2D eigenvalue weighted by molar-refractivity contribution is -0.115. The molecule has 100 valence electrons. The van der Waals surface area contributed by atoms with E-state index in [9.17, 15) is 9.90 Å². The van der Waals surface area contributed by atoms with E-state index >= 15 is 0 Å². The molecule has 1 aromatic rings. The highest BCUT2D eigenvalue weighted by atomic mass is 16.3. The van der Waals surface area contributed by atoms with Gasteiger partial charge in [-0.15, -0.1) is 0 Å². The molecule has 2 unspecified atom stereocenters. The predicted molar refractivity (Wildman–Crippen MR) is 74.8 cm³/mol. The van der Waals surface area contributed by atoms with Crippen molar-refractivity contribution in [2.75, 3.05) is 5.32 Å². The Labute approximate surface area is 113 Å². The summed E-state index contributed by atoms with van der Waals surface area (Å²) in [5.74, 6) is 1.36. The van der Waals surface area contributed by atoms with Crippen LogP contribution in [0.25, 0.3) is 0 Å². The highest BCUT2D eigenvalue weighted by molar-refractivity contribution is 6.01. The zero-order valence-electron chi connectivity index (χ0n) is 11.5. The molecule has 3 nitrogen and oxygen atoms in total. The largest absolute Gasteiger partial charge is 0.506 e. The number of aromatic hydroxyl groups is 1. The molecule has 2 atom stereocenters. The Morgan fingerprint density at radius 3 is 2.68 bits per heavy atom. The molecule has 2 aliphatic rings. The molecule has 2 aliphatic carbocycles. The van der Waals surface area contributed by atoms with Crippen LogP contribution in [-0.4, -0.2) is 10.9 Å². The first kappa shape index (κ1) is 12.3. The van der Waals surface area contributed by atoms with Crippen molar-refractivity contribution in [2.24, 2.45) is 17.3 Å². The highest BCUT2D eigenvalue weighted by Gasteiger charge is 2.65. The molecule has 2 N–H and O–H groups in total. The van der Waals surface area contributed by atoms with Crippen molar-refractivity contribution in [1.29, 1.82) is 0 Å². The van der Waals surface area contributed by atoms with Crippen molar-refractivity contribution >= 4 is 11.5 Å². The molecule has 0 aromatic heterocycles. The van der Waals surface area contributed by atoms with Gasteiger partial charge in [0.15, 0.2) is 5.78 Å². The first-order valence-corrected chi connectivity index (χ1v) is 6.72. The van der Waals surface area contributed by atoms with Gasteiger partial charge < -0.3 is 10.4 Å². The van der Waals surface area contributed by atoms with Gasteiger partial charge in [-0.05, 0) is 36.3 Å². The Bertz CT molecular complexity index is 586. The van der Waals surface area contributed by atoms with E-state index in [2.05, 4.69) is 19.2 Å². The van der Waals surface area contributed by atoms with Crippen LogP contribution in [0.4, 0.5) is 5.69 Å². The smallest absolute Gasteiger partial charge is 0.161 e. The number of nitrogens with one attached hydrogen (secondary N) is 1. The molecule has 0 aliphatic heterocycles. The van der Waals surface area contributed by atoms with Crippen molar-refractivity contribution in [3.05, 3.63) is 35.5 Å². The lowest BCUT2D eigenvalue weighted by atomic mass is 9.95. The summed E-state index contributed by atoms with van der Waals surface area (Å²) in [7, 11) is 0. The van der Waals surface area contributed by atoms with Gasteiger partial charge in [0.1, 0.15) is 5.75 Å². The lowest BCUT2D eigenvalue weighted by Crippen LogP contribution is -2.12. The summed E-state index contributed by atoms with van der Waals surface area (Å²) in [6.07, 6.45) is 0.673. The second-order valence-electron chi connectivity index (χ2n) is 6.21. The molecule has 3 rings (SSSR count). The fraction of sp³-hybridized carbons (Fsp3) is 0.438. The first-order chi connectivity index (χ1) is 8.93. The second kappa shape index (κ2) is 3.86. The third kappa shape index (κ3) is 1.76. The van der Waals surface area contributed by atoms with Crippen LogP contribution in [0.5, 0.6) is 5.75 Å². The molecule has 2 fully saturated rings. The van der Waals surface area contributed by atoms with E-state index in [0.717, 1.165) is 11.3 Å². The van der Waals surface area contributed by atoms with Gasteiger partial charge >= 0.3 is 0 Å². The summed E-state index contributed by atoms with van der Waals surface area (Å²) in [4.78, 5) is 12.1. The molecule has 2 saturated carbocycles. The van der Waals surface area contributed by atoms with Crippen LogP contribution in [0.1, 0.15) is 27.2 Å². The average molecular weight is 257 g/mol. The van der Waals surface area contributed by atoms with Gasteiger partial charge in [-0.25, -0.2) is 0 Å². The number of para-hydroxylation sites is 2. The molecule has 1 aromatic carbocycles. The Balaban J connectivity index is 1.91. The standard InChI is InChI=1S/C16H19NO2/c1-9(17-11-6-4-5-7-12(11)18)14-13(19)8-10-15(14)16(10,2)3/h4-7,10,15,17-18H,8H2,1-3H3. The minimum absolute atomic E-state index is 0.208. The molecule has 3 heteroatoms. The number of ketones is 1. The number of rotatable bonds is 2. The van der Waals surface area contributed by atoms with E-state index in [4.69, 9.17) is 0 Å². The predicted octanol–water partition coefficient (Wildman–Crippen LogP) is 3.32. The number of phenols is 1. The van der Waals surface area contributed by atoms with E-state index in [0.29, 0.717) is 23.9 Å². The summed E-state index contributed by atoms with van der Waals surface area (Å²) in [5.41, 5.74) is 2.72. The number of fused-ring (bicyclic) bond motifs is 1. The van der Waals surface area contributed by atoms with Crippen LogP contribution < -0.4 is 5.32 Å². The molecule has 0 bridgehead atoms. The Hall–Kier alpha value is -1.77. The molecular formula is C16H19NO2. The minimum Gasteiger partial charge on any atom is -0.506 e. The molecule has 0 saturated heterocycles. The van der Waals surface area contributed by atoms with Gasteiger partial charge in [0.2, 0.25) is 0 Å². The Morgan fingerprint density at radius 2 is 2.05 bits per heavy atom. The zero-order valence-corrected chi connectivity index (χ0v) is 11.5. The fourth-order valence-electron chi connectivity index (χ4n) is 3.47. The molecule has 0 spiro atoms. The number of hydrogen-bond acceptors (Lipinski definition) is 3. The van der Waals surface area contributed by atoms with Gasteiger partial charge in [-0.1, -0.05) is 26.0 Å². The number of carbonyl (C=O) groups excluding carboxylic acids is 1. The van der Waals surface area contributed by atoms with E-state index < -0.39 is 0 Å². The number of phenolic OH excluding ortho intramolecular Hbond substituents is 1. The third-order valence-corrected chi connectivity index (χ3v) is 4.70. The average Bonchev–Trinajstić information content (AvgIpc) is 2.72. The molecule has 0 amide bonds. The van der Waals surface area contributed by atoms with E-state index in [-0.39, 0.29) is 16.9 Å². The van der Waals surface area contributed by atoms with Crippen LogP contribution in [-0.2, 0) is 4.79 Å². The zero-order chi connectivity index (χ0) is 13.8. The summed E-state index contributed by atoms with van der Waals surface area (Å²) in [5, 5.41) is 13.0. The topological polar surface area (TPSA) is 49.3 Å². The number of carbonyl (C=O) groups is 1. The maximum Gasteiger partial charge on any atom is 0.161 e. The van der Waals surface area contributed by atoms with Crippen LogP contribution >= 0.6 is 0 Å². The van der Waals surface area contributed by atoms with Gasteiger partial charge in [0.25, 0.3) is 0 Å². The van der Waals surface area contributed by atoms with Crippen molar-refractivity contribution < 1.29 is 9.90 Å². The lowest BCUT2D eigenvalue weighted by Gasteiger charge is -2.15. The van der Waals surface area contributed by atoms with Gasteiger partial charge in [0.05, 0.1) is 5.69 Å². The summed E-state index contributed by atoms with van der Waals surface area (Å²) < 4.78 is 0. The van der Waals surface area contributed by atoms with E-state index in [1.165, 1.54) is 0 Å². The van der Waals surface area contributed by atoms with Crippen LogP contribution in [0, 0.1) is 17.3 Å². The van der Waals surface area contributed by atoms with Crippen molar-refractivity contribution in [1.82, 2.24) is 0 Å². The van der Waals surface area contributed by atoms with Crippen molar-refractivity contribution in [3.63, 3.8) is 0 Å². The van der Waals surface area contributed by atoms with E-state index in [1.54, 1.807) is 12.1 Å². The summed E-state index contributed by atoms with van der Waals surface area (Å²) in [6, 6.07) is 7.10. The van der Waals surface area contributed by atoms with Crippen LogP contribution in [0.15, 0.2) is 35.5 Å². The molecule has 0 heterocycles.